The molecule has 0 radical (unpaired) electrons. The quantitative estimate of drug-likeness (QED) is 0.288. The van der Waals surface area contributed by atoms with Crippen LogP contribution < -0.4 is 0 Å². The van der Waals surface area contributed by atoms with Crippen LogP contribution in [-0.2, 0) is 19.1 Å². The number of hydrogen-bond acceptors (Lipinski definition) is 9. The maximum Gasteiger partial charge on any atom is 0.338 e. The van der Waals surface area contributed by atoms with Crippen molar-refractivity contribution in [3.05, 3.63) is 0 Å². The lowest BCUT2D eigenvalue weighted by Crippen LogP contribution is -2.86. The van der Waals surface area contributed by atoms with Crippen molar-refractivity contribution in [3.8, 4) is 0 Å². The summed E-state index contributed by atoms with van der Waals surface area (Å²) in [5.41, 5.74) is -6.76. The van der Waals surface area contributed by atoms with Gasteiger partial charge in [-0.15, -0.1) is 0 Å². The molecule has 0 aromatic heterocycles. The van der Waals surface area contributed by atoms with Crippen molar-refractivity contribution in [1.29, 1.82) is 0 Å². The summed E-state index contributed by atoms with van der Waals surface area (Å²) >= 11 is 0. The summed E-state index contributed by atoms with van der Waals surface area (Å²) in [6, 6.07) is 0. The van der Waals surface area contributed by atoms with E-state index in [1.54, 1.807) is 6.92 Å². The first kappa shape index (κ1) is 19.8. The molecule has 9 nitrogen and oxygen atoms in total. The lowest BCUT2D eigenvalue weighted by atomic mass is 9.36. The van der Waals surface area contributed by atoms with Gasteiger partial charge in [-0.25, -0.2) is 4.79 Å². The molecule has 5 rings (SSSR count). The standard InChI is InChI=1S/C20H28O9/c1-7-4-9(21)13(23)17(2)8(7)5-10-19-6-28-18(3,14(24)11(22)12(17)19)20(19,27)15(25)16(26)29-10/h7-8,10-15,22-25,27H,4-6H2,1-3H3/t7?,8-,10+,11+,12+,13+,14-,15-,17-,18?,19?,20?/m0/s1. The molecule has 3 saturated carbocycles. The van der Waals surface area contributed by atoms with Gasteiger partial charge in [0.25, 0.3) is 0 Å². The van der Waals surface area contributed by atoms with E-state index in [4.69, 9.17) is 9.47 Å². The highest BCUT2D eigenvalue weighted by atomic mass is 16.6. The molecule has 5 fully saturated rings. The molecule has 0 amide bonds. The van der Waals surface area contributed by atoms with E-state index < -0.39 is 64.4 Å². The monoisotopic (exact) mass is 412 g/mol. The third-order valence-electron chi connectivity index (χ3n) is 9.35. The van der Waals surface area contributed by atoms with E-state index in [1.807, 2.05) is 6.92 Å². The maximum absolute atomic E-state index is 12.6. The minimum Gasteiger partial charge on any atom is -0.460 e. The summed E-state index contributed by atoms with van der Waals surface area (Å²) in [5, 5.41) is 55.9. The number of esters is 1. The summed E-state index contributed by atoms with van der Waals surface area (Å²) in [6.07, 6.45) is -7.01. The fourth-order valence-corrected chi connectivity index (χ4v) is 7.98. The molecule has 5 aliphatic rings. The van der Waals surface area contributed by atoms with E-state index in [1.165, 1.54) is 6.92 Å². The second-order valence-electron chi connectivity index (χ2n) is 10.2. The fraction of sp³-hybridized carbons (Fsp3) is 0.900. The van der Waals surface area contributed by atoms with Gasteiger partial charge in [-0.05, 0) is 25.2 Å². The minimum atomic E-state index is -2.25. The molecule has 162 valence electrons. The Labute approximate surface area is 167 Å². The smallest absolute Gasteiger partial charge is 0.338 e. The minimum absolute atomic E-state index is 0.154. The number of ether oxygens (including phenoxy) is 2. The van der Waals surface area contributed by atoms with Crippen LogP contribution in [0.2, 0.25) is 0 Å². The van der Waals surface area contributed by atoms with Gasteiger partial charge in [0.15, 0.2) is 11.9 Å². The second-order valence-corrected chi connectivity index (χ2v) is 10.2. The zero-order chi connectivity index (χ0) is 21.3. The Balaban J connectivity index is 1.81. The Bertz CT molecular complexity index is 801. The number of Topliss-reactive ketones (excluding diaryl/α,β-unsaturated/α-hetero) is 1. The molecule has 3 aliphatic carbocycles. The molecule has 2 saturated heterocycles. The topological polar surface area (TPSA) is 154 Å². The zero-order valence-electron chi connectivity index (χ0n) is 16.6. The number of fused-ring (bicyclic) bond motifs is 2. The number of aliphatic hydroxyl groups is 5. The number of carbonyl (C=O) groups is 2. The number of rotatable bonds is 0. The third kappa shape index (κ3) is 1.74. The maximum atomic E-state index is 12.6. The van der Waals surface area contributed by atoms with E-state index in [2.05, 4.69) is 0 Å². The molecule has 5 N–H and O–H groups in total. The van der Waals surface area contributed by atoms with E-state index >= 15 is 0 Å². The highest BCUT2D eigenvalue weighted by Crippen LogP contribution is 2.73. The van der Waals surface area contributed by atoms with E-state index in [9.17, 15) is 35.1 Å². The van der Waals surface area contributed by atoms with Crippen molar-refractivity contribution in [2.75, 3.05) is 6.61 Å². The van der Waals surface area contributed by atoms with Crippen LogP contribution in [0.25, 0.3) is 0 Å². The van der Waals surface area contributed by atoms with Crippen molar-refractivity contribution >= 4 is 11.8 Å². The lowest BCUT2D eigenvalue weighted by Gasteiger charge is -2.71. The average molecular weight is 412 g/mol. The second kappa shape index (κ2) is 5.38. The Morgan fingerprint density at radius 3 is 2.38 bits per heavy atom. The molecule has 4 unspecified atom stereocenters. The predicted octanol–water partition coefficient (Wildman–Crippen LogP) is -1.87. The Morgan fingerprint density at radius 2 is 1.72 bits per heavy atom. The number of carbonyl (C=O) groups excluding carboxylic acids is 2. The van der Waals surface area contributed by atoms with Crippen LogP contribution in [0.1, 0.15) is 33.6 Å². The van der Waals surface area contributed by atoms with Gasteiger partial charge in [0.2, 0.25) is 0 Å². The molecular weight excluding hydrogens is 384 g/mol. The van der Waals surface area contributed by atoms with Crippen molar-refractivity contribution < 1.29 is 44.6 Å². The largest absolute Gasteiger partial charge is 0.460 e. The molecule has 2 aliphatic heterocycles. The van der Waals surface area contributed by atoms with Crippen LogP contribution in [0, 0.1) is 28.6 Å². The molecule has 0 aromatic rings. The van der Waals surface area contributed by atoms with Gasteiger partial charge in [-0.2, -0.15) is 0 Å². The van der Waals surface area contributed by atoms with E-state index in [-0.39, 0.29) is 37.1 Å². The van der Waals surface area contributed by atoms with E-state index in [0.29, 0.717) is 0 Å². The van der Waals surface area contributed by atoms with Crippen LogP contribution in [0.4, 0.5) is 0 Å². The molecule has 9 heteroatoms. The summed E-state index contributed by atoms with van der Waals surface area (Å²) in [7, 11) is 0. The first-order chi connectivity index (χ1) is 13.4. The van der Waals surface area contributed by atoms with E-state index in [0.717, 1.165) is 0 Å². The first-order valence-corrected chi connectivity index (χ1v) is 10.2. The predicted molar refractivity (Wildman–Crippen MR) is 94.1 cm³/mol. The average Bonchev–Trinajstić information content (AvgIpc) is 2.85. The zero-order valence-corrected chi connectivity index (χ0v) is 16.6. The third-order valence-corrected chi connectivity index (χ3v) is 9.35. The molecule has 2 heterocycles. The van der Waals surface area contributed by atoms with Crippen molar-refractivity contribution in [2.45, 2.75) is 75.3 Å². The van der Waals surface area contributed by atoms with Gasteiger partial charge in [0.05, 0.1) is 18.1 Å². The highest BCUT2D eigenvalue weighted by Gasteiger charge is 2.88. The van der Waals surface area contributed by atoms with Crippen LogP contribution in [0.5, 0.6) is 0 Å². The molecular formula is C20H28O9. The van der Waals surface area contributed by atoms with Crippen LogP contribution in [0.3, 0.4) is 0 Å². The molecule has 2 bridgehead atoms. The normalized spacial score (nSPS) is 63.6. The van der Waals surface area contributed by atoms with Gasteiger partial charge in [0, 0.05) is 17.8 Å². The number of aliphatic hydroxyl groups excluding tert-OH is 4. The summed E-state index contributed by atoms with van der Waals surface area (Å²) in [6.45, 7) is 4.73. The van der Waals surface area contributed by atoms with Gasteiger partial charge in [0.1, 0.15) is 29.5 Å². The van der Waals surface area contributed by atoms with Crippen molar-refractivity contribution in [2.24, 2.45) is 28.6 Å². The van der Waals surface area contributed by atoms with Gasteiger partial charge in [-0.1, -0.05) is 13.8 Å². The van der Waals surface area contributed by atoms with Crippen molar-refractivity contribution in [3.63, 3.8) is 0 Å². The van der Waals surface area contributed by atoms with Gasteiger partial charge >= 0.3 is 5.97 Å². The Morgan fingerprint density at radius 1 is 1.07 bits per heavy atom. The highest BCUT2D eigenvalue weighted by molar-refractivity contribution is 5.85. The van der Waals surface area contributed by atoms with Crippen LogP contribution in [0.15, 0.2) is 0 Å². The van der Waals surface area contributed by atoms with Gasteiger partial charge < -0.3 is 35.0 Å². The molecule has 1 spiro atoms. The van der Waals surface area contributed by atoms with Crippen LogP contribution >= 0.6 is 0 Å². The Hall–Kier alpha value is -1.10. The Kier molecular flexibility index (Phi) is 3.68. The summed E-state index contributed by atoms with van der Waals surface area (Å²) in [5.74, 6) is -2.88. The van der Waals surface area contributed by atoms with Crippen molar-refractivity contribution in [1.82, 2.24) is 0 Å². The number of hydrogen-bond donors (Lipinski definition) is 5. The molecule has 12 atom stereocenters. The SMILES string of the molecule is CC1CC(=O)[C@@H](O)[C@@]2(C)[C@H]1C[C@H]1OC(=O)[C@H](O)C3(O)C4(C)OCC13[C@@H]2[C@@H](O)[C@@H]4O. The lowest BCUT2D eigenvalue weighted by molar-refractivity contribution is -0.356. The van der Waals surface area contributed by atoms with Crippen LogP contribution in [-0.4, -0.2) is 85.6 Å². The number of ketones is 1. The summed E-state index contributed by atoms with van der Waals surface area (Å²) in [4.78, 5) is 25.1. The fourth-order valence-electron chi connectivity index (χ4n) is 7.98. The molecule has 29 heavy (non-hydrogen) atoms. The first-order valence-electron chi connectivity index (χ1n) is 10.2. The van der Waals surface area contributed by atoms with Gasteiger partial charge in [-0.3, -0.25) is 4.79 Å². The molecule has 0 aromatic carbocycles. The summed E-state index contributed by atoms with van der Waals surface area (Å²) < 4.78 is 11.4.